The zero-order valence-corrected chi connectivity index (χ0v) is 11.0. The zero-order valence-electron chi connectivity index (χ0n) is 11.0. The first kappa shape index (κ1) is 13.8. The van der Waals surface area contributed by atoms with Crippen molar-refractivity contribution < 1.29 is 23.5 Å². The minimum absolute atomic E-state index is 0.0400. The number of ether oxygens (including phenoxy) is 2. The van der Waals surface area contributed by atoms with Gasteiger partial charge in [-0.2, -0.15) is 0 Å². The summed E-state index contributed by atoms with van der Waals surface area (Å²) in [6, 6.07) is 6.21. The highest BCUT2D eigenvalue weighted by atomic mass is 16.5. The zero-order chi connectivity index (χ0) is 14.7. The molecule has 0 aromatic carbocycles. The molecule has 0 unspecified atom stereocenters. The van der Waals surface area contributed by atoms with Crippen molar-refractivity contribution in [3.05, 3.63) is 40.2 Å². The first-order valence-electron chi connectivity index (χ1n) is 5.96. The van der Waals surface area contributed by atoms with Gasteiger partial charge in [-0.15, -0.1) is 0 Å². The van der Waals surface area contributed by atoms with Crippen molar-refractivity contribution >= 4 is 11.9 Å². The minimum atomic E-state index is -0.821. The number of furan rings is 1. The van der Waals surface area contributed by atoms with Gasteiger partial charge in [-0.25, -0.2) is 9.59 Å². The van der Waals surface area contributed by atoms with Crippen molar-refractivity contribution in [1.82, 2.24) is 0 Å². The number of hydrogen-bond acceptors (Lipinski definition) is 6. The Kier molecular flexibility index (Phi) is 3.84. The summed E-state index contributed by atoms with van der Waals surface area (Å²) < 4.78 is 14.8. The molecule has 0 saturated heterocycles. The average molecular weight is 276 g/mol. The number of carbonyl (C=O) groups is 2. The number of carbonyl (C=O) groups excluding carboxylic acids is 2. The Morgan fingerprint density at radius 3 is 2.60 bits per heavy atom. The van der Waals surface area contributed by atoms with Gasteiger partial charge in [0.25, 0.3) is 0 Å². The molecule has 0 atom stereocenters. The van der Waals surface area contributed by atoms with Gasteiger partial charge in [-0.3, -0.25) is 4.79 Å². The van der Waals surface area contributed by atoms with E-state index < -0.39 is 17.6 Å². The third-order valence-corrected chi connectivity index (χ3v) is 2.49. The van der Waals surface area contributed by atoms with E-state index in [0.29, 0.717) is 0 Å². The standard InChI is InChI=1S/C14H12O6/c1-3-18-13(16)11-9-6-4-5-7-10(19-8(2)15)12(9)20-14(11)17/h4-7H,3H2,1-2H3. The molecule has 104 valence electrons. The molecule has 0 aromatic heterocycles. The monoisotopic (exact) mass is 276 g/mol. The van der Waals surface area contributed by atoms with Crippen LogP contribution in [0.15, 0.2) is 33.5 Å². The molecule has 0 saturated carbocycles. The molecule has 0 amide bonds. The average Bonchev–Trinajstić information content (AvgIpc) is 2.59. The number of hydrogen-bond donors (Lipinski definition) is 0. The fourth-order valence-electron chi connectivity index (χ4n) is 1.77. The summed E-state index contributed by atoms with van der Waals surface area (Å²) in [4.78, 5) is 34.6. The van der Waals surface area contributed by atoms with Crippen LogP contribution < -0.4 is 10.4 Å². The predicted octanol–water partition coefficient (Wildman–Crippen LogP) is 1.85. The molecule has 0 aromatic rings. The van der Waals surface area contributed by atoms with Gasteiger partial charge < -0.3 is 13.9 Å². The Morgan fingerprint density at radius 1 is 1.25 bits per heavy atom. The molecule has 1 aliphatic heterocycles. The molecule has 6 nitrogen and oxygen atoms in total. The largest absolute Gasteiger partial charge is 0.462 e. The van der Waals surface area contributed by atoms with Gasteiger partial charge in [-0.05, 0) is 19.1 Å². The molecular formula is C14H12O6. The van der Waals surface area contributed by atoms with Crippen molar-refractivity contribution in [3.8, 4) is 17.1 Å². The Bertz CT molecular complexity index is 685. The van der Waals surface area contributed by atoms with Crippen molar-refractivity contribution in [2.24, 2.45) is 0 Å². The highest BCUT2D eigenvalue weighted by Crippen LogP contribution is 2.32. The van der Waals surface area contributed by atoms with E-state index in [9.17, 15) is 14.4 Å². The van der Waals surface area contributed by atoms with Crippen LogP contribution in [0.1, 0.15) is 24.2 Å². The third kappa shape index (κ3) is 2.54. The van der Waals surface area contributed by atoms with Gasteiger partial charge in [0.05, 0.1) is 6.61 Å². The fourth-order valence-corrected chi connectivity index (χ4v) is 1.77. The van der Waals surface area contributed by atoms with E-state index in [1.165, 1.54) is 19.1 Å². The Morgan fingerprint density at radius 2 is 1.95 bits per heavy atom. The first-order valence-corrected chi connectivity index (χ1v) is 5.96. The minimum Gasteiger partial charge on any atom is -0.462 e. The number of fused-ring (bicyclic) bond motifs is 1. The lowest BCUT2D eigenvalue weighted by atomic mass is 10.1. The molecule has 0 fully saturated rings. The van der Waals surface area contributed by atoms with Crippen molar-refractivity contribution in [2.75, 3.05) is 6.61 Å². The second-order valence-corrected chi connectivity index (χ2v) is 3.90. The highest BCUT2D eigenvalue weighted by Gasteiger charge is 2.27. The fraction of sp³-hybridized carbons (Fsp3) is 0.214. The van der Waals surface area contributed by atoms with Crippen LogP contribution in [0.4, 0.5) is 0 Å². The Labute approximate surface area is 114 Å². The normalized spacial score (nSPS) is 10.3. The third-order valence-electron chi connectivity index (χ3n) is 2.49. The quantitative estimate of drug-likeness (QED) is 0.795. The van der Waals surface area contributed by atoms with E-state index >= 15 is 0 Å². The van der Waals surface area contributed by atoms with Crippen LogP contribution in [0, 0.1) is 0 Å². The topological polar surface area (TPSA) is 82.8 Å². The van der Waals surface area contributed by atoms with Crippen molar-refractivity contribution in [1.29, 1.82) is 0 Å². The van der Waals surface area contributed by atoms with Crippen LogP contribution in [0.2, 0.25) is 0 Å². The second kappa shape index (κ2) is 5.56. The summed E-state index contributed by atoms with van der Waals surface area (Å²) in [5.41, 5.74) is -0.779. The summed E-state index contributed by atoms with van der Waals surface area (Å²) >= 11 is 0. The number of esters is 2. The van der Waals surface area contributed by atoms with Crippen LogP contribution >= 0.6 is 0 Å². The summed E-state index contributed by atoms with van der Waals surface area (Å²) in [6.45, 7) is 3.00. The van der Waals surface area contributed by atoms with E-state index in [-0.39, 0.29) is 29.2 Å². The molecule has 0 bridgehead atoms. The number of rotatable bonds is 3. The van der Waals surface area contributed by atoms with Gasteiger partial charge in [0, 0.05) is 12.5 Å². The second-order valence-electron chi connectivity index (χ2n) is 3.90. The van der Waals surface area contributed by atoms with E-state index in [2.05, 4.69) is 0 Å². The molecule has 2 rings (SSSR count). The smallest absolute Gasteiger partial charge is 0.351 e. The van der Waals surface area contributed by atoms with Gasteiger partial charge in [0.15, 0.2) is 17.1 Å². The van der Waals surface area contributed by atoms with E-state index in [0.717, 1.165) is 0 Å². The molecular weight excluding hydrogens is 264 g/mol. The highest BCUT2D eigenvalue weighted by molar-refractivity contribution is 5.97. The van der Waals surface area contributed by atoms with E-state index in [1.54, 1.807) is 19.1 Å². The molecule has 1 aliphatic carbocycles. The molecule has 0 spiro atoms. The molecule has 2 aliphatic rings. The van der Waals surface area contributed by atoms with Gasteiger partial charge >= 0.3 is 17.6 Å². The maximum absolute atomic E-state index is 11.8. The van der Waals surface area contributed by atoms with E-state index in [1.807, 2.05) is 0 Å². The lowest BCUT2D eigenvalue weighted by molar-refractivity contribution is -0.131. The summed E-state index contributed by atoms with van der Waals surface area (Å²) in [5.74, 6) is -1.21. The van der Waals surface area contributed by atoms with Crippen LogP contribution in [0.5, 0.6) is 5.75 Å². The maximum atomic E-state index is 11.8. The molecule has 0 N–H and O–H groups in total. The van der Waals surface area contributed by atoms with Gasteiger partial charge in [-0.1, -0.05) is 12.1 Å². The van der Waals surface area contributed by atoms with Gasteiger partial charge in [0.2, 0.25) is 0 Å². The van der Waals surface area contributed by atoms with Gasteiger partial charge in [0.1, 0.15) is 0 Å². The Hall–Kier alpha value is -2.63. The summed E-state index contributed by atoms with van der Waals surface area (Å²) in [7, 11) is 0. The SMILES string of the molecule is CCOC(=O)c1c2ccccc(OC(C)=O)c-2oc1=O. The summed E-state index contributed by atoms with van der Waals surface area (Å²) in [6.07, 6.45) is 0. The van der Waals surface area contributed by atoms with Crippen LogP contribution in [0.3, 0.4) is 0 Å². The van der Waals surface area contributed by atoms with Crippen LogP contribution in [-0.2, 0) is 9.53 Å². The van der Waals surface area contributed by atoms with Crippen LogP contribution in [-0.4, -0.2) is 18.5 Å². The van der Waals surface area contributed by atoms with Crippen molar-refractivity contribution in [3.63, 3.8) is 0 Å². The maximum Gasteiger partial charge on any atom is 0.351 e. The molecule has 1 heterocycles. The van der Waals surface area contributed by atoms with Crippen LogP contribution in [0.25, 0.3) is 11.3 Å². The Balaban J connectivity index is 2.61. The molecule has 0 radical (unpaired) electrons. The predicted molar refractivity (Wildman–Crippen MR) is 68.9 cm³/mol. The lowest BCUT2D eigenvalue weighted by Crippen LogP contribution is -2.13. The molecule has 6 heteroatoms. The lowest BCUT2D eigenvalue weighted by Gasteiger charge is -2.02. The molecule has 20 heavy (non-hydrogen) atoms. The first-order chi connectivity index (χ1) is 9.54. The van der Waals surface area contributed by atoms with E-state index in [4.69, 9.17) is 13.9 Å². The van der Waals surface area contributed by atoms with Crippen molar-refractivity contribution in [2.45, 2.75) is 13.8 Å². The summed E-state index contributed by atoms with van der Waals surface area (Å²) in [5, 5.41) is 0.